The second kappa shape index (κ2) is 5.64. The van der Waals surface area contributed by atoms with Crippen molar-refractivity contribution in [1.82, 2.24) is 15.3 Å². The van der Waals surface area contributed by atoms with Crippen LogP contribution in [0.3, 0.4) is 0 Å². The monoisotopic (exact) mass is 266 g/mol. The third-order valence-electron chi connectivity index (χ3n) is 2.60. The molecular formula is C12H18N4O3. The summed E-state index contributed by atoms with van der Waals surface area (Å²) in [7, 11) is 1.57. The van der Waals surface area contributed by atoms with E-state index < -0.39 is 11.4 Å². The molecule has 0 bridgehead atoms. The van der Waals surface area contributed by atoms with Crippen LogP contribution in [0.1, 0.15) is 30.0 Å². The van der Waals surface area contributed by atoms with Gasteiger partial charge in [0.25, 0.3) is 0 Å². The maximum Gasteiger partial charge on any atom is 0.354 e. The summed E-state index contributed by atoms with van der Waals surface area (Å²) in [6.07, 6.45) is 0. The second-order valence-corrected chi connectivity index (χ2v) is 4.84. The second-order valence-electron chi connectivity index (χ2n) is 4.84. The number of carbonyl (C=O) groups is 2. The molecule has 3 N–H and O–H groups in total. The van der Waals surface area contributed by atoms with Crippen molar-refractivity contribution in [3.63, 3.8) is 0 Å². The van der Waals surface area contributed by atoms with Crippen molar-refractivity contribution in [1.29, 1.82) is 0 Å². The molecule has 0 spiro atoms. The van der Waals surface area contributed by atoms with Gasteiger partial charge in [-0.1, -0.05) is 0 Å². The SMILES string of the molecule is CNC(=O)C(C)(C)CNc1nc(C)cc(C(=O)O)n1. The van der Waals surface area contributed by atoms with Gasteiger partial charge in [-0.2, -0.15) is 0 Å². The van der Waals surface area contributed by atoms with Gasteiger partial charge in [0.1, 0.15) is 0 Å². The van der Waals surface area contributed by atoms with Crippen LogP contribution in [0.15, 0.2) is 6.07 Å². The maximum atomic E-state index is 11.6. The van der Waals surface area contributed by atoms with Crippen LogP contribution in [-0.4, -0.2) is 40.5 Å². The van der Waals surface area contributed by atoms with Gasteiger partial charge in [-0.15, -0.1) is 0 Å². The van der Waals surface area contributed by atoms with E-state index in [1.165, 1.54) is 6.07 Å². The average Bonchev–Trinajstić information content (AvgIpc) is 2.34. The van der Waals surface area contributed by atoms with Gasteiger partial charge in [-0.3, -0.25) is 4.79 Å². The molecule has 0 radical (unpaired) electrons. The van der Waals surface area contributed by atoms with Crippen LogP contribution >= 0.6 is 0 Å². The number of carboxylic acid groups (broad SMARTS) is 1. The van der Waals surface area contributed by atoms with Crippen LogP contribution < -0.4 is 10.6 Å². The summed E-state index contributed by atoms with van der Waals surface area (Å²) in [4.78, 5) is 30.4. The van der Waals surface area contributed by atoms with Gasteiger partial charge in [-0.05, 0) is 26.8 Å². The minimum atomic E-state index is -1.11. The number of carboxylic acids is 1. The number of aromatic carboxylic acids is 1. The Kier molecular flexibility index (Phi) is 4.42. The van der Waals surface area contributed by atoms with E-state index in [2.05, 4.69) is 20.6 Å². The van der Waals surface area contributed by atoms with E-state index in [0.29, 0.717) is 12.2 Å². The van der Waals surface area contributed by atoms with Crippen LogP contribution in [-0.2, 0) is 4.79 Å². The molecule has 0 saturated carbocycles. The number of rotatable bonds is 5. The van der Waals surface area contributed by atoms with Gasteiger partial charge in [0.15, 0.2) is 5.69 Å². The van der Waals surface area contributed by atoms with Crippen molar-refractivity contribution in [2.75, 3.05) is 18.9 Å². The number of hydrogen-bond donors (Lipinski definition) is 3. The fourth-order valence-corrected chi connectivity index (χ4v) is 1.48. The zero-order valence-corrected chi connectivity index (χ0v) is 11.4. The average molecular weight is 266 g/mol. The summed E-state index contributed by atoms with van der Waals surface area (Å²) in [5.41, 5.74) is -0.175. The van der Waals surface area contributed by atoms with Gasteiger partial charge in [0.2, 0.25) is 11.9 Å². The van der Waals surface area contributed by atoms with E-state index in [4.69, 9.17) is 5.11 Å². The first-order chi connectivity index (χ1) is 8.76. The number of nitrogens with one attached hydrogen (secondary N) is 2. The standard InChI is InChI=1S/C12H18N4O3/c1-7-5-8(9(17)18)16-11(15-7)14-6-12(2,3)10(19)13-4/h5H,6H2,1-4H3,(H,13,19)(H,17,18)(H,14,15,16). The van der Waals surface area contributed by atoms with Crippen molar-refractivity contribution < 1.29 is 14.7 Å². The van der Waals surface area contributed by atoms with E-state index >= 15 is 0 Å². The Morgan fingerprint density at radius 1 is 1.37 bits per heavy atom. The van der Waals surface area contributed by atoms with Crippen molar-refractivity contribution in [2.45, 2.75) is 20.8 Å². The van der Waals surface area contributed by atoms with Gasteiger partial charge in [0.05, 0.1) is 5.41 Å². The predicted octanol–water partition coefficient (Wildman–Crippen LogP) is 0.667. The lowest BCUT2D eigenvalue weighted by atomic mass is 9.92. The van der Waals surface area contributed by atoms with Crippen LogP contribution in [0.5, 0.6) is 0 Å². The first-order valence-corrected chi connectivity index (χ1v) is 5.81. The van der Waals surface area contributed by atoms with Crippen molar-refractivity contribution >= 4 is 17.8 Å². The Morgan fingerprint density at radius 3 is 2.53 bits per heavy atom. The fourth-order valence-electron chi connectivity index (χ4n) is 1.48. The molecule has 0 aliphatic carbocycles. The molecule has 0 atom stereocenters. The molecule has 19 heavy (non-hydrogen) atoms. The Labute approximate surface area is 111 Å². The minimum absolute atomic E-state index is 0.0762. The van der Waals surface area contributed by atoms with Gasteiger partial charge >= 0.3 is 5.97 Å². The normalized spacial score (nSPS) is 10.9. The molecule has 1 aromatic rings. The van der Waals surface area contributed by atoms with Crippen LogP contribution in [0.25, 0.3) is 0 Å². The summed E-state index contributed by atoms with van der Waals surface area (Å²) >= 11 is 0. The van der Waals surface area contributed by atoms with Crippen molar-refractivity contribution in [3.05, 3.63) is 17.5 Å². The Bertz CT molecular complexity index is 500. The Balaban J connectivity index is 2.83. The molecule has 1 aromatic heterocycles. The van der Waals surface area contributed by atoms with Crippen molar-refractivity contribution in [2.24, 2.45) is 5.41 Å². The minimum Gasteiger partial charge on any atom is -0.477 e. The Morgan fingerprint density at radius 2 is 2.00 bits per heavy atom. The Hall–Kier alpha value is -2.18. The van der Waals surface area contributed by atoms with Gasteiger partial charge in [-0.25, -0.2) is 14.8 Å². The smallest absolute Gasteiger partial charge is 0.354 e. The fraction of sp³-hybridized carbons (Fsp3) is 0.500. The zero-order chi connectivity index (χ0) is 14.6. The van der Waals surface area contributed by atoms with E-state index in [9.17, 15) is 9.59 Å². The highest BCUT2D eigenvalue weighted by Crippen LogP contribution is 2.16. The predicted molar refractivity (Wildman–Crippen MR) is 70.1 cm³/mol. The largest absolute Gasteiger partial charge is 0.477 e. The molecule has 0 aromatic carbocycles. The summed E-state index contributed by atoms with van der Waals surface area (Å²) in [5, 5.41) is 14.4. The number of anilines is 1. The van der Waals surface area contributed by atoms with Gasteiger partial charge < -0.3 is 15.7 Å². The molecule has 0 saturated heterocycles. The highest BCUT2D eigenvalue weighted by atomic mass is 16.4. The molecule has 0 aliphatic heterocycles. The van der Waals surface area contributed by atoms with Crippen LogP contribution in [0.2, 0.25) is 0 Å². The number of aryl methyl sites for hydroxylation is 1. The van der Waals surface area contributed by atoms with E-state index in [1.807, 2.05) is 0 Å². The lowest BCUT2D eigenvalue weighted by Crippen LogP contribution is -2.39. The lowest BCUT2D eigenvalue weighted by Gasteiger charge is -2.22. The van der Waals surface area contributed by atoms with E-state index in [0.717, 1.165) is 0 Å². The highest BCUT2D eigenvalue weighted by Gasteiger charge is 2.26. The molecule has 7 nitrogen and oxygen atoms in total. The third-order valence-corrected chi connectivity index (χ3v) is 2.60. The number of nitrogens with zero attached hydrogens (tertiary/aromatic N) is 2. The van der Waals surface area contributed by atoms with E-state index in [-0.39, 0.29) is 17.5 Å². The van der Waals surface area contributed by atoms with E-state index in [1.54, 1.807) is 27.8 Å². The molecule has 7 heteroatoms. The lowest BCUT2D eigenvalue weighted by molar-refractivity contribution is -0.128. The molecule has 1 amide bonds. The molecule has 0 unspecified atom stereocenters. The third kappa shape index (κ3) is 3.90. The number of hydrogen-bond acceptors (Lipinski definition) is 5. The van der Waals surface area contributed by atoms with Crippen LogP contribution in [0.4, 0.5) is 5.95 Å². The maximum absolute atomic E-state index is 11.6. The first kappa shape index (κ1) is 14.9. The molecule has 1 rings (SSSR count). The summed E-state index contributed by atoms with van der Waals surface area (Å²) < 4.78 is 0. The van der Waals surface area contributed by atoms with Gasteiger partial charge in [0, 0.05) is 19.3 Å². The summed E-state index contributed by atoms with van der Waals surface area (Å²) in [5.74, 6) is -1.03. The molecule has 0 aliphatic rings. The molecule has 0 fully saturated rings. The molecule has 1 heterocycles. The number of amides is 1. The highest BCUT2D eigenvalue weighted by molar-refractivity contribution is 5.85. The first-order valence-electron chi connectivity index (χ1n) is 5.81. The van der Waals surface area contributed by atoms with Crippen LogP contribution in [0, 0.1) is 12.3 Å². The quantitative estimate of drug-likeness (QED) is 0.723. The number of carbonyl (C=O) groups excluding carboxylic acids is 1. The number of aromatic nitrogens is 2. The summed E-state index contributed by atoms with van der Waals surface area (Å²) in [6.45, 7) is 5.53. The molecule has 104 valence electrons. The topological polar surface area (TPSA) is 104 Å². The zero-order valence-electron chi connectivity index (χ0n) is 11.4. The molecular weight excluding hydrogens is 248 g/mol. The van der Waals surface area contributed by atoms with Crippen molar-refractivity contribution in [3.8, 4) is 0 Å². The summed E-state index contributed by atoms with van der Waals surface area (Å²) in [6, 6.07) is 1.39.